The van der Waals surface area contributed by atoms with E-state index >= 15 is 0 Å². The molecular formula is C15H16O2. The van der Waals surface area contributed by atoms with Gasteiger partial charge in [-0.15, -0.1) is 0 Å². The summed E-state index contributed by atoms with van der Waals surface area (Å²) in [6, 6.07) is 7.64. The Bertz CT molecular complexity index is 483. The first kappa shape index (κ1) is 11.6. The maximum Gasteiger partial charge on any atom is 0.163 e. The lowest BCUT2D eigenvalue weighted by Gasteiger charge is -2.17. The normalized spacial score (nSPS) is 15.9. The number of rotatable bonds is 3. The third-order valence-electron chi connectivity index (χ3n) is 3.05. The highest BCUT2D eigenvalue weighted by Gasteiger charge is 2.20. The van der Waals surface area contributed by atoms with Gasteiger partial charge in [0.2, 0.25) is 0 Å². The third kappa shape index (κ3) is 2.31. The Kier molecular flexibility index (Phi) is 3.43. The van der Waals surface area contributed by atoms with E-state index in [2.05, 4.69) is 6.58 Å². The van der Waals surface area contributed by atoms with Gasteiger partial charge in [0.05, 0.1) is 7.11 Å². The highest BCUT2D eigenvalue weighted by atomic mass is 16.5. The minimum atomic E-state index is 0.208. The van der Waals surface area contributed by atoms with Crippen molar-refractivity contribution in [3.8, 4) is 5.75 Å². The molecule has 0 saturated carbocycles. The van der Waals surface area contributed by atoms with Crippen LogP contribution in [-0.2, 0) is 4.79 Å². The topological polar surface area (TPSA) is 26.3 Å². The number of ether oxygens (including phenoxy) is 1. The lowest BCUT2D eigenvalue weighted by Crippen LogP contribution is -2.09. The quantitative estimate of drug-likeness (QED) is 0.792. The van der Waals surface area contributed by atoms with Crippen LogP contribution in [0.15, 0.2) is 42.5 Å². The molecule has 1 aliphatic carbocycles. The van der Waals surface area contributed by atoms with Gasteiger partial charge < -0.3 is 4.74 Å². The van der Waals surface area contributed by atoms with Crippen LogP contribution in [-0.4, -0.2) is 12.9 Å². The van der Waals surface area contributed by atoms with Crippen molar-refractivity contribution < 1.29 is 9.53 Å². The number of hydrogen-bond donors (Lipinski definition) is 0. The number of ketones is 1. The van der Waals surface area contributed by atoms with Crippen molar-refractivity contribution in [2.45, 2.75) is 19.3 Å². The number of carbonyl (C=O) groups is 1. The minimum Gasteiger partial charge on any atom is -0.497 e. The summed E-state index contributed by atoms with van der Waals surface area (Å²) >= 11 is 0. The second-order valence-electron chi connectivity index (χ2n) is 4.11. The lowest BCUT2D eigenvalue weighted by molar-refractivity contribution is -0.114. The Hall–Kier alpha value is -1.83. The molecule has 88 valence electrons. The van der Waals surface area contributed by atoms with E-state index in [-0.39, 0.29) is 5.78 Å². The third-order valence-corrected chi connectivity index (χ3v) is 3.05. The van der Waals surface area contributed by atoms with Gasteiger partial charge in [0.1, 0.15) is 5.75 Å². The fourth-order valence-electron chi connectivity index (χ4n) is 2.20. The van der Waals surface area contributed by atoms with Gasteiger partial charge in [-0.3, -0.25) is 4.79 Å². The molecule has 2 heteroatoms. The monoisotopic (exact) mass is 228 g/mol. The van der Waals surface area contributed by atoms with E-state index < -0.39 is 0 Å². The van der Waals surface area contributed by atoms with E-state index in [4.69, 9.17) is 4.74 Å². The molecular weight excluding hydrogens is 212 g/mol. The predicted molar refractivity (Wildman–Crippen MR) is 69.0 cm³/mol. The van der Waals surface area contributed by atoms with Crippen molar-refractivity contribution in [3.63, 3.8) is 0 Å². The van der Waals surface area contributed by atoms with Crippen LogP contribution in [0.2, 0.25) is 0 Å². The summed E-state index contributed by atoms with van der Waals surface area (Å²) in [5, 5.41) is 0. The van der Waals surface area contributed by atoms with Gasteiger partial charge in [-0.1, -0.05) is 24.8 Å². The van der Waals surface area contributed by atoms with Crippen LogP contribution in [0.25, 0.3) is 5.57 Å². The summed E-state index contributed by atoms with van der Waals surface area (Å²) in [5.41, 5.74) is 2.80. The van der Waals surface area contributed by atoms with Crippen molar-refractivity contribution in [1.29, 1.82) is 0 Å². The van der Waals surface area contributed by atoms with Crippen LogP contribution < -0.4 is 4.74 Å². The molecule has 0 heterocycles. The van der Waals surface area contributed by atoms with E-state index in [1.165, 1.54) is 0 Å². The average Bonchev–Trinajstić information content (AvgIpc) is 2.38. The van der Waals surface area contributed by atoms with E-state index in [9.17, 15) is 4.79 Å². The molecule has 0 saturated heterocycles. The number of methoxy groups -OCH3 is 1. The van der Waals surface area contributed by atoms with Gasteiger partial charge in [-0.25, -0.2) is 0 Å². The molecule has 0 aliphatic heterocycles. The highest BCUT2D eigenvalue weighted by molar-refractivity contribution is 6.22. The summed E-state index contributed by atoms with van der Waals surface area (Å²) in [5.74, 6) is 0.983. The first-order valence-electron chi connectivity index (χ1n) is 5.79. The molecule has 0 unspecified atom stereocenters. The van der Waals surface area contributed by atoms with E-state index in [1.54, 1.807) is 13.2 Å². The van der Waals surface area contributed by atoms with Gasteiger partial charge in [-0.05, 0) is 36.1 Å². The van der Waals surface area contributed by atoms with Crippen molar-refractivity contribution in [3.05, 3.63) is 48.1 Å². The van der Waals surface area contributed by atoms with Crippen LogP contribution in [0.1, 0.15) is 24.8 Å². The van der Waals surface area contributed by atoms with Gasteiger partial charge >= 0.3 is 0 Å². The van der Waals surface area contributed by atoms with Crippen LogP contribution in [0.4, 0.5) is 0 Å². The summed E-state index contributed by atoms with van der Waals surface area (Å²) in [4.78, 5) is 12.0. The molecule has 0 bridgehead atoms. The molecule has 0 N–H and O–H groups in total. The van der Waals surface area contributed by atoms with Crippen molar-refractivity contribution >= 4 is 11.4 Å². The maximum atomic E-state index is 12.0. The first-order chi connectivity index (χ1) is 8.26. The van der Waals surface area contributed by atoms with Crippen molar-refractivity contribution in [2.24, 2.45) is 0 Å². The first-order valence-corrected chi connectivity index (χ1v) is 5.79. The molecule has 0 amide bonds. The SMILES string of the molecule is C=CC1=C(c2cccc(OC)c2)C(=O)CCC1. The number of carbonyl (C=O) groups excluding carboxylic acids is 1. The van der Waals surface area contributed by atoms with Crippen LogP contribution >= 0.6 is 0 Å². The van der Waals surface area contributed by atoms with E-state index in [0.717, 1.165) is 35.3 Å². The van der Waals surface area contributed by atoms with Crippen LogP contribution in [0.3, 0.4) is 0 Å². The Balaban J connectivity index is 2.51. The molecule has 1 aromatic rings. The van der Waals surface area contributed by atoms with E-state index in [1.807, 2.05) is 24.3 Å². The molecule has 0 radical (unpaired) electrons. The highest BCUT2D eigenvalue weighted by Crippen LogP contribution is 2.31. The number of Topliss-reactive ketones (excluding diaryl/α,β-unsaturated/α-hetero) is 1. The fraction of sp³-hybridized carbons (Fsp3) is 0.267. The van der Waals surface area contributed by atoms with Crippen molar-refractivity contribution in [1.82, 2.24) is 0 Å². The zero-order valence-electron chi connectivity index (χ0n) is 10.0. The van der Waals surface area contributed by atoms with Gasteiger partial charge in [0.25, 0.3) is 0 Å². The van der Waals surface area contributed by atoms with Gasteiger partial charge in [0, 0.05) is 12.0 Å². The molecule has 2 rings (SSSR count). The molecule has 1 aromatic carbocycles. The average molecular weight is 228 g/mol. The molecule has 17 heavy (non-hydrogen) atoms. The number of allylic oxidation sites excluding steroid dienone is 3. The molecule has 1 aliphatic rings. The molecule has 2 nitrogen and oxygen atoms in total. The summed E-state index contributed by atoms with van der Waals surface area (Å²) in [6.07, 6.45) is 4.28. The Morgan fingerprint density at radius 1 is 1.35 bits per heavy atom. The molecule has 0 spiro atoms. The Morgan fingerprint density at radius 2 is 2.18 bits per heavy atom. The molecule has 0 atom stereocenters. The second kappa shape index (κ2) is 5.00. The van der Waals surface area contributed by atoms with Crippen molar-refractivity contribution in [2.75, 3.05) is 7.11 Å². The van der Waals surface area contributed by atoms with Crippen LogP contribution in [0.5, 0.6) is 5.75 Å². The van der Waals surface area contributed by atoms with Crippen LogP contribution in [0, 0.1) is 0 Å². The fourth-order valence-corrected chi connectivity index (χ4v) is 2.20. The largest absolute Gasteiger partial charge is 0.497 e. The number of benzene rings is 1. The van der Waals surface area contributed by atoms with Gasteiger partial charge in [-0.2, -0.15) is 0 Å². The maximum absolute atomic E-state index is 12.0. The smallest absolute Gasteiger partial charge is 0.163 e. The Morgan fingerprint density at radius 3 is 2.88 bits per heavy atom. The molecule has 0 aromatic heterocycles. The zero-order valence-corrected chi connectivity index (χ0v) is 10.0. The summed E-state index contributed by atoms with van der Waals surface area (Å²) < 4.78 is 5.19. The summed E-state index contributed by atoms with van der Waals surface area (Å²) in [6.45, 7) is 3.80. The second-order valence-corrected chi connectivity index (χ2v) is 4.11. The van der Waals surface area contributed by atoms with Gasteiger partial charge in [0.15, 0.2) is 5.78 Å². The minimum absolute atomic E-state index is 0.208. The lowest BCUT2D eigenvalue weighted by atomic mass is 9.86. The summed E-state index contributed by atoms with van der Waals surface area (Å²) in [7, 11) is 1.63. The number of hydrogen-bond acceptors (Lipinski definition) is 2. The standard InChI is InChI=1S/C15H16O2/c1-3-11-6-5-9-14(16)15(11)12-7-4-8-13(10-12)17-2/h3-4,7-8,10H,1,5-6,9H2,2H3. The Labute approximate surface area is 102 Å². The predicted octanol–water partition coefficient (Wildman–Crippen LogP) is 3.39. The molecule has 0 fully saturated rings. The van der Waals surface area contributed by atoms with E-state index in [0.29, 0.717) is 6.42 Å². The zero-order chi connectivity index (χ0) is 12.3.